The average Bonchev–Trinajstić information content (AvgIpc) is 2.70. The summed E-state index contributed by atoms with van der Waals surface area (Å²) in [4.78, 5) is 15.9. The topological polar surface area (TPSA) is 81.8 Å². The average molecular weight is 454 g/mol. The van der Waals surface area contributed by atoms with Crippen LogP contribution in [0.1, 0.15) is 89.2 Å². The second-order valence-corrected chi connectivity index (χ2v) is 12.5. The molecule has 0 radical (unpaired) electrons. The van der Waals surface area contributed by atoms with Crippen LogP contribution in [0, 0.1) is 33.3 Å². The van der Waals surface area contributed by atoms with Crippen molar-refractivity contribution in [3.05, 3.63) is 45.0 Å². The Hall–Kier alpha value is -2.24. The lowest BCUT2D eigenvalue weighted by molar-refractivity contribution is -0.761. The third-order valence-electron chi connectivity index (χ3n) is 9.74. The maximum atomic E-state index is 11.4. The first-order valence-corrected chi connectivity index (χ1v) is 12.6. The van der Waals surface area contributed by atoms with Gasteiger partial charge in [0.15, 0.2) is 0 Å². The van der Waals surface area contributed by atoms with Gasteiger partial charge in [0.2, 0.25) is 0 Å². The number of rotatable bonds is 4. The van der Waals surface area contributed by atoms with Crippen LogP contribution in [0.4, 0.5) is 0 Å². The van der Waals surface area contributed by atoms with E-state index >= 15 is 0 Å². The molecule has 33 heavy (non-hydrogen) atoms. The Morgan fingerprint density at radius 3 is 2.64 bits per heavy atom. The minimum atomic E-state index is -0.637. The summed E-state index contributed by atoms with van der Waals surface area (Å²) in [7, 11) is 0. The van der Waals surface area contributed by atoms with Crippen molar-refractivity contribution in [3.63, 3.8) is 0 Å². The van der Waals surface area contributed by atoms with Crippen molar-refractivity contribution in [3.8, 4) is 11.5 Å². The third kappa shape index (κ3) is 3.27. The second kappa shape index (κ2) is 6.89. The van der Waals surface area contributed by atoms with E-state index in [1.807, 2.05) is 6.07 Å². The number of phenols is 1. The van der Waals surface area contributed by atoms with Crippen molar-refractivity contribution in [2.24, 2.45) is 23.2 Å². The van der Waals surface area contributed by atoms with Gasteiger partial charge in [-0.15, -0.1) is 10.1 Å². The minimum absolute atomic E-state index is 0.0563. The molecule has 1 aromatic rings. The second-order valence-electron chi connectivity index (χ2n) is 12.5. The molecule has 6 heteroatoms. The van der Waals surface area contributed by atoms with Crippen LogP contribution in [0.2, 0.25) is 0 Å². The molecule has 0 spiro atoms. The number of fused-ring (bicyclic) bond motifs is 3. The van der Waals surface area contributed by atoms with Crippen LogP contribution in [0.25, 0.3) is 0 Å². The summed E-state index contributed by atoms with van der Waals surface area (Å²) >= 11 is 0. The lowest BCUT2D eigenvalue weighted by Crippen LogP contribution is -2.55. The molecule has 4 atom stereocenters. The van der Waals surface area contributed by atoms with E-state index in [0.29, 0.717) is 23.5 Å². The SMILES string of the molecule is CC1=C[C@H]2c3c(O)cc(C45CC6CC(CC(CO[N+](=O)[O-])(C6)C4)C5)cc3OC(C)(C)[C@@H]2CC1. The Kier molecular flexibility index (Phi) is 4.45. The molecule has 4 saturated carbocycles. The molecule has 1 heterocycles. The van der Waals surface area contributed by atoms with E-state index in [1.165, 1.54) is 12.0 Å². The molecule has 6 aliphatic rings. The summed E-state index contributed by atoms with van der Waals surface area (Å²) in [6.45, 7) is 6.75. The molecule has 6 nitrogen and oxygen atoms in total. The van der Waals surface area contributed by atoms with E-state index in [-0.39, 0.29) is 29.0 Å². The van der Waals surface area contributed by atoms with Crippen LogP contribution < -0.4 is 4.74 Å². The van der Waals surface area contributed by atoms with Crippen LogP contribution >= 0.6 is 0 Å². The van der Waals surface area contributed by atoms with Crippen molar-refractivity contribution in [2.75, 3.05) is 6.61 Å². The molecule has 4 fully saturated rings. The number of hydrogen-bond donors (Lipinski definition) is 1. The maximum Gasteiger partial charge on any atom is 0.294 e. The van der Waals surface area contributed by atoms with E-state index in [2.05, 4.69) is 32.9 Å². The van der Waals surface area contributed by atoms with E-state index in [0.717, 1.165) is 61.8 Å². The van der Waals surface area contributed by atoms with Gasteiger partial charge in [0, 0.05) is 17.4 Å². The molecule has 0 saturated heterocycles. The molecule has 7 rings (SSSR count). The van der Waals surface area contributed by atoms with Crippen molar-refractivity contribution in [1.82, 2.24) is 0 Å². The van der Waals surface area contributed by atoms with Crippen LogP contribution in [-0.2, 0) is 10.3 Å². The van der Waals surface area contributed by atoms with Gasteiger partial charge in [-0.3, -0.25) is 0 Å². The van der Waals surface area contributed by atoms with Gasteiger partial charge in [0.25, 0.3) is 5.09 Å². The van der Waals surface area contributed by atoms with Gasteiger partial charge >= 0.3 is 0 Å². The highest BCUT2D eigenvalue weighted by Gasteiger charge is 2.59. The third-order valence-corrected chi connectivity index (χ3v) is 9.74. The molecule has 0 amide bonds. The lowest BCUT2D eigenvalue weighted by Gasteiger charge is -2.62. The van der Waals surface area contributed by atoms with Gasteiger partial charge in [0.1, 0.15) is 23.7 Å². The Bertz CT molecular complexity index is 1030. The molecule has 178 valence electrons. The Morgan fingerprint density at radius 2 is 1.94 bits per heavy atom. The highest BCUT2D eigenvalue weighted by molar-refractivity contribution is 5.55. The fourth-order valence-corrected chi connectivity index (χ4v) is 8.98. The fraction of sp³-hybridized carbons (Fsp3) is 0.704. The zero-order valence-corrected chi connectivity index (χ0v) is 19.9. The van der Waals surface area contributed by atoms with Crippen molar-refractivity contribution < 1.29 is 19.8 Å². The van der Waals surface area contributed by atoms with Gasteiger partial charge in [-0.1, -0.05) is 11.6 Å². The quantitative estimate of drug-likeness (QED) is 0.341. The summed E-state index contributed by atoms with van der Waals surface area (Å²) in [6, 6.07) is 4.21. The fourth-order valence-electron chi connectivity index (χ4n) is 8.98. The number of aromatic hydroxyl groups is 1. The van der Waals surface area contributed by atoms with Gasteiger partial charge in [-0.25, -0.2) is 0 Å². The van der Waals surface area contributed by atoms with E-state index in [4.69, 9.17) is 9.57 Å². The van der Waals surface area contributed by atoms with Crippen molar-refractivity contribution in [2.45, 2.75) is 89.1 Å². The summed E-state index contributed by atoms with van der Waals surface area (Å²) in [5, 5.41) is 21.7. The number of hydrogen-bond acceptors (Lipinski definition) is 5. The molecule has 4 bridgehead atoms. The zero-order valence-electron chi connectivity index (χ0n) is 19.9. The molecule has 5 aliphatic carbocycles. The largest absolute Gasteiger partial charge is 0.507 e. The van der Waals surface area contributed by atoms with E-state index < -0.39 is 5.09 Å². The Balaban J connectivity index is 1.41. The smallest absolute Gasteiger partial charge is 0.294 e. The number of ether oxygens (including phenoxy) is 1. The van der Waals surface area contributed by atoms with E-state index in [1.54, 1.807) is 0 Å². The predicted octanol–water partition coefficient (Wildman–Crippen LogP) is 6.05. The number of phenolic OH excluding ortho intramolecular Hbond substituents is 1. The van der Waals surface area contributed by atoms with Gasteiger partial charge in [-0.05, 0) is 112 Å². The van der Waals surface area contributed by atoms with Crippen LogP contribution in [0.3, 0.4) is 0 Å². The first-order chi connectivity index (χ1) is 15.6. The first kappa shape index (κ1) is 21.3. The Labute approximate surface area is 195 Å². The molecule has 1 N–H and O–H groups in total. The molecule has 1 aromatic carbocycles. The molecular weight excluding hydrogens is 418 g/mol. The summed E-state index contributed by atoms with van der Waals surface area (Å²) in [6.07, 6.45) is 10.8. The lowest BCUT2D eigenvalue weighted by atomic mass is 9.43. The van der Waals surface area contributed by atoms with E-state index in [9.17, 15) is 15.2 Å². The molecular formula is C27H35NO5. The normalized spacial score (nSPS) is 39.8. The summed E-state index contributed by atoms with van der Waals surface area (Å²) in [5.74, 6) is 2.87. The van der Waals surface area contributed by atoms with Crippen LogP contribution in [0.5, 0.6) is 11.5 Å². The van der Waals surface area contributed by atoms with Crippen molar-refractivity contribution >= 4 is 0 Å². The van der Waals surface area contributed by atoms with Gasteiger partial charge in [0.05, 0.1) is 0 Å². The predicted molar refractivity (Wildman–Crippen MR) is 124 cm³/mol. The Morgan fingerprint density at radius 1 is 1.21 bits per heavy atom. The first-order valence-electron chi connectivity index (χ1n) is 12.6. The highest BCUT2D eigenvalue weighted by atomic mass is 16.9. The monoisotopic (exact) mass is 453 g/mol. The van der Waals surface area contributed by atoms with Crippen molar-refractivity contribution in [1.29, 1.82) is 0 Å². The van der Waals surface area contributed by atoms with Gasteiger partial charge in [-0.2, -0.15) is 0 Å². The summed E-state index contributed by atoms with van der Waals surface area (Å²) < 4.78 is 6.61. The highest BCUT2D eigenvalue weighted by Crippen LogP contribution is 2.66. The summed E-state index contributed by atoms with van der Waals surface area (Å²) in [5.41, 5.74) is 3.01. The molecule has 1 aliphatic heterocycles. The standard InChI is InChI=1S/C27H35NO5/c1-16-4-5-21-20(6-16)24-22(29)8-19(9-23(24)33-25(21,2)3)27-12-17-7-18(13-27)11-26(10-17,14-27)15-32-28(30)31/h6,8-9,17-18,20-21,29H,4-5,7,10-15H2,1-3H3/t17?,18?,20-,21-,26?,27?/m1/s1. The molecule has 0 aromatic heterocycles. The van der Waals surface area contributed by atoms with Gasteiger partial charge < -0.3 is 14.7 Å². The van der Waals surface area contributed by atoms with Crippen LogP contribution in [-0.4, -0.2) is 22.4 Å². The zero-order chi connectivity index (χ0) is 23.2. The van der Waals surface area contributed by atoms with Crippen LogP contribution in [0.15, 0.2) is 23.8 Å². The number of nitrogens with zero attached hydrogens (tertiary/aromatic N) is 1. The maximum absolute atomic E-state index is 11.4. The number of benzene rings is 1. The molecule has 2 unspecified atom stereocenters. The minimum Gasteiger partial charge on any atom is -0.507 e. The number of allylic oxidation sites excluding steroid dienone is 2.